The third-order valence-electron chi connectivity index (χ3n) is 3.58. The quantitative estimate of drug-likeness (QED) is 0.931. The van der Waals surface area contributed by atoms with Crippen LogP contribution in [0.2, 0.25) is 0 Å². The van der Waals surface area contributed by atoms with Crippen LogP contribution in [0.3, 0.4) is 0 Å². The summed E-state index contributed by atoms with van der Waals surface area (Å²) < 4.78 is 10.5. The smallest absolute Gasteiger partial charge is 0.258 e. The largest absolute Gasteiger partial charge is 0.497 e. The van der Waals surface area contributed by atoms with Crippen LogP contribution >= 0.6 is 0 Å². The van der Waals surface area contributed by atoms with Crippen LogP contribution in [0, 0.1) is 11.3 Å². The number of aromatic nitrogens is 2. The Morgan fingerprint density at radius 3 is 3.00 bits per heavy atom. The molecule has 0 spiro atoms. The summed E-state index contributed by atoms with van der Waals surface area (Å²) in [6.45, 7) is 0.978. The Balaban J connectivity index is 1.90. The van der Waals surface area contributed by atoms with Crippen LogP contribution in [0.4, 0.5) is 0 Å². The van der Waals surface area contributed by atoms with Crippen molar-refractivity contribution >= 4 is 0 Å². The van der Waals surface area contributed by atoms with Crippen molar-refractivity contribution in [2.45, 2.75) is 25.3 Å². The maximum Gasteiger partial charge on any atom is 0.258 e. The first kappa shape index (κ1) is 13.6. The van der Waals surface area contributed by atoms with E-state index >= 15 is 0 Å². The van der Waals surface area contributed by atoms with Gasteiger partial charge in [-0.05, 0) is 37.6 Å². The molecule has 1 aromatic carbocycles. The zero-order valence-corrected chi connectivity index (χ0v) is 11.8. The Labute approximate surface area is 122 Å². The molecular formula is C15H16N4O2. The van der Waals surface area contributed by atoms with Crippen molar-refractivity contribution in [3.63, 3.8) is 0 Å². The molecule has 0 radical (unpaired) electrons. The van der Waals surface area contributed by atoms with Crippen molar-refractivity contribution in [3.8, 4) is 23.3 Å². The van der Waals surface area contributed by atoms with E-state index in [1.54, 1.807) is 25.3 Å². The molecule has 2 aromatic rings. The van der Waals surface area contributed by atoms with Gasteiger partial charge < -0.3 is 14.6 Å². The van der Waals surface area contributed by atoms with Crippen LogP contribution in [0.1, 0.15) is 36.7 Å². The number of nitrogens with one attached hydrogen (secondary N) is 1. The number of rotatable bonds is 3. The van der Waals surface area contributed by atoms with E-state index < -0.39 is 0 Å². The average Bonchev–Trinajstić information content (AvgIpc) is 3.05. The summed E-state index contributed by atoms with van der Waals surface area (Å²) in [4.78, 5) is 4.45. The van der Waals surface area contributed by atoms with Crippen molar-refractivity contribution in [2.24, 2.45) is 0 Å². The van der Waals surface area contributed by atoms with Crippen LogP contribution in [-0.2, 0) is 0 Å². The molecule has 1 N–H and O–H groups in total. The van der Waals surface area contributed by atoms with Gasteiger partial charge in [-0.15, -0.1) is 0 Å². The lowest BCUT2D eigenvalue weighted by Gasteiger charge is -2.19. The molecule has 0 aliphatic carbocycles. The van der Waals surface area contributed by atoms with Crippen LogP contribution in [0.25, 0.3) is 11.5 Å². The molecule has 1 unspecified atom stereocenters. The number of hydrogen-bond acceptors (Lipinski definition) is 6. The predicted octanol–water partition coefficient (Wildman–Crippen LogP) is 2.43. The maximum absolute atomic E-state index is 9.06. The topological polar surface area (TPSA) is 84.0 Å². The lowest BCUT2D eigenvalue weighted by atomic mass is 10.0. The molecule has 1 aromatic heterocycles. The van der Waals surface area contributed by atoms with Gasteiger partial charge in [0, 0.05) is 5.56 Å². The maximum atomic E-state index is 9.06. The fourth-order valence-electron chi connectivity index (χ4n) is 2.47. The predicted molar refractivity (Wildman–Crippen MR) is 75.6 cm³/mol. The first-order valence-electron chi connectivity index (χ1n) is 6.96. The first-order valence-corrected chi connectivity index (χ1v) is 6.96. The number of piperidine rings is 1. The van der Waals surface area contributed by atoms with Gasteiger partial charge >= 0.3 is 0 Å². The molecule has 1 atom stereocenters. The standard InChI is InChI=1S/C15H16N4O2/c1-20-12-7-10(9-16)6-11(8-12)15-18-14(19-21-15)13-4-2-3-5-17-13/h6-8,13,17H,2-5H2,1H3. The van der Waals surface area contributed by atoms with Gasteiger partial charge in [0.15, 0.2) is 5.82 Å². The SMILES string of the molecule is COc1cc(C#N)cc(-c2nc(C3CCCCN3)no2)c1. The molecule has 0 saturated carbocycles. The number of nitrogens with zero attached hydrogens (tertiary/aromatic N) is 3. The molecular weight excluding hydrogens is 268 g/mol. The Bertz CT molecular complexity index is 669. The highest BCUT2D eigenvalue weighted by Gasteiger charge is 2.21. The zero-order valence-electron chi connectivity index (χ0n) is 11.8. The Kier molecular flexibility index (Phi) is 3.84. The molecule has 6 heteroatoms. The van der Waals surface area contributed by atoms with E-state index in [1.807, 2.05) is 0 Å². The van der Waals surface area contributed by atoms with E-state index in [2.05, 4.69) is 21.5 Å². The van der Waals surface area contributed by atoms with E-state index in [9.17, 15) is 0 Å². The van der Waals surface area contributed by atoms with Gasteiger partial charge in [0.1, 0.15) is 5.75 Å². The molecule has 1 aliphatic rings. The highest BCUT2D eigenvalue weighted by Crippen LogP contribution is 2.27. The normalized spacial score (nSPS) is 18.2. The van der Waals surface area contributed by atoms with Gasteiger partial charge in [0.2, 0.25) is 0 Å². The fourth-order valence-corrected chi connectivity index (χ4v) is 2.47. The van der Waals surface area contributed by atoms with Crippen molar-refractivity contribution in [3.05, 3.63) is 29.6 Å². The van der Waals surface area contributed by atoms with Crippen LogP contribution in [0.15, 0.2) is 22.7 Å². The molecule has 6 nitrogen and oxygen atoms in total. The summed E-state index contributed by atoms with van der Waals surface area (Å²) in [5, 5.41) is 16.5. The van der Waals surface area contributed by atoms with E-state index in [1.165, 1.54) is 12.8 Å². The summed E-state index contributed by atoms with van der Waals surface area (Å²) in [7, 11) is 1.56. The highest BCUT2D eigenvalue weighted by atomic mass is 16.5. The average molecular weight is 284 g/mol. The lowest BCUT2D eigenvalue weighted by Crippen LogP contribution is -2.27. The summed E-state index contributed by atoms with van der Waals surface area (Å²) >= 11 is 0. The summed E-state index contributed by atoms with van der Waals surface area (Å²) in [5.41, 5.74) is 1.19. The molecule has 0 amide bonds. The second kappa shape index (κ2) is 5.94. The first-order chi connectivity index (χ1) is 10.3. The van der Waals surface area contributed by atoms with Crippen LogP contribution < -0.4 is 10.1 Å². The molecule has 1 fully saturated rings. The van der Waals surface area contributed by atoms with Gasteiger partial charge in [-0.3, -0.25) is 0 Å². The lowest BCUT2D eigenvalue weighted by molar-refractivity contribution is 0.367. The number of hydrogen-bond donors (Lipinski definition) is 1. The summed E-state index contributed by atoms with van der Waals surface area (Å²) in [6, 6.07) is 7.42. The minimum atomic E-state index is 0.150. The highest BCUT2D eigenvalue weighted by molar-refractivity contribution is 5.59. The minimum Gasteiger partial charge on any atom is -0.497 e. The van der Waals surface area contributed by atoms with Crippen molar-refractivity contribution in [1.82, 2.24) is 15.5 Å². The molecule has 108 valence electrons. The number of benzene rings is 1. The van der Waals surface area contributed by atoms with Crippen LogP contribution in [-0.4, -0.2) is 23.8 Å². The summed E-state index contributed by atoms with van der Waals surface area (Å²) in [6.07, 6.45) is 3.36. The molecule has 3 rings (SSSR count). The fraction of sp³-hybridized carbons (Fsp3) is 0.400. The van der Waals surface area contributed by atoms with Crippen molar-refractivity contribution in [1.29, 1.82) is 5.26 Å². The Morgan fingerprint density at radius 1 is 1.38 bits per heavy atom. The van der Waals surface area contributed by atoms with Crippen molar-refractivity contribution in [2.75, 3.05) is 13.7 Å². The molecule has 21 heavy (non-hydrogen) atoms. The van der Waals surface area contributed by atoms with Gasteiger partial charge in [-0.2, -0.15) is 10.2 Å². The number of ether oxygens (including phenoxy) is 1. The molecule has 1 aliphatic heterocycles. The zero-order chi connectivity index (χ0) is 14.7. The molecule has 1 saturated heterocycles. The third kappa shape index (κ3) is 2.88. The van der Waals surface area contributed by atoms with E-state index in [0.717, 1.165) is 13.0 Å². The molecule has 0 bridgehead atoms. The summed E-state index contributed by atoms with van der Waals surface area (Å²) in [5.74, 6) is 1.68. The van der Waals surface area contributed by atoms with Gasteiger partial charge in [0.05, 0.1) is 24.8 Å². The monoisotopic (exact) mass is 284 g/mol. The van der Waals surface area contributed by atoms with Gasteiger partial charge in [-0.1, -0.05) is 11.6 Å². The van der Waals surface area contributed by atoms with E-state index in [-0.39, 0.29) is 6.04 Å². The Hall–Kier alpha value is -2.39. The number of methoxy groups -OCH3 is 1. The minimum absolute atomic E-state index is 0.150. The second-order valence-corrected chi connectivity index (χ2v) is 5.02. The third-order valence-corrected chi connectivity index (χ3v) is 3.58. The second-order valence-electron chi connectivity index (χ2n) is 5.02. The van der Waals surface area contributed by atoms with E-state index in [4.69, 9.17) is 14.5 Å². The van der Waals surface area contributed by atoms with Gasteiger partial charge in [0.25, 0.3) is 5.89 Å². The molecule has 2 heterocycles. The number of nitriles is 1. The van der Waals surface area contributed by atoms with Crippen molar-refractivity contribution < 1.29 is 9.26 Å². The Morgan fingerprint density at radius 2 is 2.29 bits per heavy atom. The van der Waals surface area contributed by atoms with E-state index in [0.29, 0.717) is 28.6 Å². The van der Waals surface area contributed by atoms with Gasteiger partial charge in [-0.25, -0.2) is 0 Å². The van der Waals surface area contributed by atoms with Crippen LogP contribution in [0.5, 0.6) is 5.75 Å².